The fourth-order valence-corrected chi connectivity index (χ4v) is 3.34. The second kappa shape index (κ2) is 9.21. The summed E-state index contributed by atoms with van der Waals surface area (Å²) in [5.74, 6) is 1.65. The van der Waals surface area contributed by atoms with Crippen molar-refractivity contribution in [3.63, 3.8) is 0 Å². The lowest BCUT2D eigenvalue weighted by Gasteiger charge is -2.36. The van der Waals surface area contributed by atoms with Crippen LogP contribution in [0.25, 0.3) is 0 Å². The van der Waals surface area contributed by atoms with Crippen molar-refractivity contribution in [1.29, 1.82) is 0 Å². The van der Waals surface area contributed by atoms with Gasteiger partial charge in [-0.2, -0.15) is 0 Å². The van der Waals surface area contributed by atoms with Gasteiger partial charge < -0.3 is 29.7 Å². The van der Waals surface area contributed by atoms with Crippen molar-refractivity contribution in [2.45, 2.75) is 6.42 Å². The second-order valence-electron chi connectivity index (χ2n) is 6.63. The monoisotopic (exact) mass is 385 g/mol. The molecule has 0 unspecified atom stereocenters. The zero-order valence-corrected chi connectivity index (χ0v) is 16.4. The maximum absolute atomic E-state index is 12.4. The second-order valence-corrected chi connectivity index (χ2v) is 6.63. The number of ether oxygens (including phenoxy) is 2. The number of para-hydroxylation sites is 2. The van der Waals surface area contributed by atoms with E-state index in [1.54, 1.807) is 26.4 Å². The highest BCUT2D eigenvalue weighted by Crippen LogP contribution is 2.28. The Kier molecular flexibility index (Phi) is 6.47. The average Bonchev–Trinajstić information content (AvgIpc) is 2.74. The summed E-state index contributed by atoms with van der Waals surface area (Å²) in [5.41, 5.74) is 1.89. The number of hydrogen-bond donors (Lipinski definition) is 2. The fraction of sp³-hybridized carbons (Fsp3) is 0.381. The lowest BCUT2D eigenvalue weighted by molar-refractivity contribution is 0.194. The molecule has 1 saturated heterocycles. The largest absolute Gasteiger partial charge is 0.506 e. The minimum absolute atomic E-state index is 0.0580. The molecule has 2 aromatic carbocycles. The highest BCUT2D eigenvalue weighted by atomic mass is 16.5. The lowest BCUT2D eigenvalue weighted by atomic mass is 10.1. The summed E-state index contributed by atoms with van der Waals surface area (Å²) in [6.07, 6.45) is 0.712. The van der Waals surface area contributed by atoms with Crippen molar-refractivity contribution in [1.82, 2.24) is 10.2 Å². The molecule has 1 heterocycles. The molecule has 0 aromatic heterocycles. The average molecular weight is 385 g/mol. The van der Waals surface area contributed by atoms with Gasteiger partial charge >= 0.3 is 6.03 Å². The Labute approximate surface area is 165 Å². The highest BCUT2D eigenvalue weighted by molar-refractivity contribution is 5.74. The molecule has 1 aliphatic heterocycles. The van der Waals surface area contributed by atoms with E-state index in [1.807, 2.05) is 35.2 Å². The number of phenolic OH excluding ortho intramolecular Hbond substituents is 1. The number of carbonyl (C=O) groups excluding carboxylic acids is 1. The Balaban J connectivity index is 1.46. The maximum atomic E-state index is 12.4. The first-order valence-corrected chi connectivity index (χ1v) is 9.39. The zero-order chi connectivity index (χ0) is 19.9. The van der Waals surface area contributed by atoms with Crippen molar-refractivity contribution >= 4 is 11.7 Å². The molecule has 0 aliphatic carbocycles. The highest BCUT2D eigenvalue weighted by Gasteiger charge is 2.22. The summed E-state index contributed by atoms with van der Waals surface area (Å²) in [6.45, 7) is 3.18. The van der Waals surface area contributed by atoms with Crippen LogP contribution in [0.2, 0.25) is 0 Å². The van der Waals surface area contributed by atoms with Crippen molar-refractivity contribution in [3.8, 4) is 17.2 Å². The van der Waals surface area contributed by atoms with Gasteiger partial charge in [0.25, 0.3) is 0 Å². The minimum atomic E-state index is -0.0580. The van der Waals surface area contributed by atoms with Crippen molar-refractivity contribution in [2.24, 2.45) is 0 Å². The molecule has 7 heteroatoms. The first-order chi connectivity index (χ1) is 13.6. The molecular weight excluding hydrogens is 358 g/mol. The first-order valence-electron chi connectivity index (χ1n) is 9.39. The van der Waals surface area contributed by atoms with Gasteiger partial charge in [-0.15, -0.1) is 0 Å². The normalized spacial score (nSPS) is 13.9. The van der Waals surface area contributed by atoms with Gasteiger partial charge in [-0.3, -0.25) is 0 Å². The number of carbonyl (C=O) groups is 1. The van der Waals surface area contributed by atoms with E-state index in [2.05, 4.69) is 10.2 Å². The Morgan fingerprint density at radius 3 is 2.43 bits per heavy atom. The van der Waals surface area contributed by atoms with E-state index in [-0.39, 0.29) is 11.8 Å². The SMILES string of the molecule is COc1ccc(CCNC(=O)N2CCN(c3ccccc3O)CC2)cc1OC. The van der Waals surface area contributed by atoms with Crippen LogP contribution in [0.5, 0.6) is 17.2 Å². The number of anilines is 1. The van der Waals surface area contributed by atoms with Gasteiger partial charge in [-0.1, -0.05) is 18.2 Å². The predicted octanol–water partition coefficient (Wildman–Crippen LogP) is 2.48. The number of amides is 2. The Morgan fingerprint density at radius 1 is 1.04 bits per heavy atom. The van der Waals surface area contributed by atoms with Crippen LogP contribution >= 0.6 is 0 Å². The predicted molar refractivity (Wildman–Crippen MR) is 109 cm³/mol. The van der Waals surface area contributed by atoms with Gasteiger partial charge in [0.05, 0.1) is 19.9 Å². The Bertz CT molecular complexity index is 804. The third-order valence-corrected chi connectivity index (χ3v) is 4.93. The number of benzene rings is 2. The molecule has 28 heavy (non-hydrogen) atoms. The maximum Gasteiger partial charge on any atom is 0.317 e. The molecule has 0 atom stereocenters. The van der Waals surface area contributed by atoms with Crippen LogP contribution in [0.1, 0.15) is 5.56 Å². The third kappa shape index (κ3) is 4.60. The molecule has 2 amide bonds. The molecule has 3 rings (SSSR count). The van der Waals surface area contributed by atoms with E-state index in [9.17, 15) is 9.90 Å². The number of piperazine rings is 1. The summed E-state index contributed by atoms with van der Waals surface area (Å²) in [4.78, 5) is 16.3. The molecule has 2 aromatic rings. The van der Waals surface area contributed by atoms with E-state index < -0.39 is 0 Å². The summed E-state index contributed by atoms with van der Waals surface area (Å²) < 4.78 is 10.6. The molecule has 0 bridgehead atoms. The number of aromatic hydroxyl groups is 1. The van der Waals surface area contributed by atoms with E-state index >= 15 is 0 Å². The van der Waals surface area contributed by atoms with Crippen LogP contribution in [0.15, 0.2) is 42.5 Å². The standard InChI is InChI=1S/C21H27N3O4/c1-27-19-8-7-16(15-20(19)28-2)9-10-22-21(26)24-13-11-23(12-14-24)17-5-3-4-6-18(17)25/h3-8,15,25H,9-14H2,1-2H3,(H,22,26). The minimum Gasteiger partial charge on any atom is -0.506 e. The molecule has 2 N–H and O–H groups in total. The Morgan fingerprint density at radius 2 is 1.75 bits per heavy atom. The third-order valence-electron chi connectivity index (χ3n) is 4.93. The van der Waals surface area contributed by atoms with Crippen molar-refractivity contribution in [3.05, 3.63) is 48.0 Å². The van der Waals surface area contributed by atoms with E-state index in [1.165, 1.54) is 0 Å². The van der Waals surface area contributed by atoms with E-state index in [0.717, 1.165) is 11.3 Å². The number of methoxy groups -OCH3 is 2. The van der Waals surface area contributed by atoms with Crippen LogP contribution < -0.4 is 19.7 Å². The number of phenols is 1. The van der Waals surface area contributed by atoms with Gasteiger partial charge in [0.15, 0.2) is 11.5 Å². The van der Waals surface area contributed by atoms with Crippen molar-refractivity contribution in [2.75, 3.05) is 51.8 Å². The van der Waals surface area contributed by atoms with Gasteiger partial charge in [-0.25, -0.2) is 4.79 Å². The smallest absolute Gasteiger partial charge is 0.317 e. The van der Waals surface area contributed by atoms with Crippen LogP contribution in [0.4, 0.5) is 10.5 Å². The van der Waals surface area contributed by atoms with Crippen LogP contribution in [-0.4, -0.2) is 63.0 Å². The fourth-order valence-electron chi connectivity index (χ4n) is 3.34. The number of urea groups is 1. The molecule has 1 aliphatic rings. The van der Waals surface area contributed by atoms with Gasteiger partial charge in [-0.05, 0) is 36.2 Å². The van der Waals surface area contributed by atoms with Gasteiger partial charge in [0.2, 0.25) is 0 Å². The number of nitrogens with zero attached hydrogens (tertiary/aromatic N) is 2. The molecule has 0 spiro atoms. The molecule has 1 fully saturated rings. The van der Waals surface area contributed by atoms with Crippen LogP contribution in [-0.2, 0) is 6.42 Å². The zero-order valence-electron chi connectivity index (χ0n) is 16.4. The molecular formula is C21H27N3O4. The number of hydrogen-bond acceptors (Lipinski definition) is 5. The molecule has 7 nitrogen and oxygen atoms in total. The number of nitrogens with one attached hydrogen (secondary N) is 1. The molecule has 0 radical (unpaired) electrons. The van der Waals surface area contributed by atoms with E-state index in [0.29, 0.717) is 50.6 Å². The topological polar surface area (TPSA) is 74.3 Å². The van der Waals surface area contributed by atoms with Gasteiger partial charge in [0, 0.05) is 32.7 Å². The molecule has 150 valence electrons. The number of rotatable bonds is 6. The first kappa shape index (κ1) is 19.7. The van der Waals surface area contributed by atoms with Crippen molar-refractivity contribution < 1.29 is 19.4 Å². The quantitative estimate of drug-likeness (QED) is 0.799. The van der Waals surface area contributed by atoms with Gasteiger partial charge in [0.1, 0.15) is 5.75 Å². The summed E-state index contributed by atoms with van der Waals surface area (Å²) >= 11 is 0. The summed E-state index contributed by atoms with van der Waals surface area (Å²) in [7, 11) is 3.22. The summed E-state index contributed by atoms with van der Waals surface area (Å²) in [5, 5.41) is 13.0. The van der Waals surface area contributed by atoms with Crippen LogP contribution in [0, 0.1) is 0 Å². The molecule has 0 saturated carbocycles. The lowest BCUT2D eigenvalue weighted by Crippen LogP contribution is -2.52. The van der Waals surface area contributed by atoms with E-state index in [4.69, 9.17) is 9.47 Å². The van der Waals surface area contributed by atoms with Crippen LogP contribution in [0.3, 0.4) is 0 Å². The Hall–Kier alpha value is -3.09. The summed E-state index contributed by atoms with van der Waals surface area (Å²) in [6, 6.07) is 13.0.